The van der Waals surface area contributed by atoms with Crippen molar-refractivity contribution < 1.29 is 4.74 Å². The largest absolute Gasteiger partial charge is 0.453 e. The van der Waals surface area contributed by atoms with Gasteiger partial charge in [0.15, 0.2) is 16.9 Å². The number of hydrogen-bond acceptors (Lipinski definition) is 5. The maximum absolute atomic E-state index is 13.4. The fourth-order valence-electron chi connectivity index (χ4n) is 22.2. The zero-order valence-electron chi connectivity index (χ0n) is 80.5. The third kappa shape index (κ3) is 15.6. The molecule has 148 heavy (non-hydrogen) atoms. The summed E-state index contributed by atoms with van der Waals surface area (Å²) < 4.78 is 16.3. The van der Waals surface area contributed by atoms with Crippen LogP contribution in [0.4, 0.5) is 34.1 Å². The SMILES string of the molecule is O=c1c2ccccc2n(-c2ccc(-n3c4ccccc4c4cc(-c5ccccc5)cc(-c5ccccc5)c43)cc2)c2ccccc12.c1ccc(-c2cc(-c3ccccc3)c3c(c2)c2ccccc2n3-c2ccc(N3c4ccccc4Sc4ccccc43)cc2)cc1.c1ccc(-c2ccc3c(c2)Oc2cc(-c4ccccc4)ccc2N3c2ccc(-n3c4ccccc4c4cc(-c5ccccc5)cc(-c5ccccc5)c43)cc2)cc1. The Morgan fingerprint density at radius 3 is 0.709 bits per heavy atom. The molecular formula is C139H92N6O2S. The molecule has 2 aliphatic heterocycles. The van der Waals surface area contributed by atoms with Crippen molar-refractivity contribution in [1.82, 2.24) is 18.3 Å². The van der Waals surface area contributed by atoms with Crippen LogP contribution in [-0.4, -0.2) is 18.3 Å². The van der Waals surface area contributed by atoms with Gasteiger partial charge in [0.05, 0.1) is 66.9 Å². The summed E-state index contributed by atoms with van der Waals surface area (Å²) in [6.07, 6.45) is 0. The van der Waals surface area contributed by atoms with Gasteiger partial charge < -0.3 is 32.8 Å². The minimum Gasteiger partial charge on any atom is -0.453 e. The summed E-state index contributed by atoms with van der Waals surface area (Å²) in [6, 6.07) is 199. The van der Waals surface area contributed by atoms with Crippen molar-refractivity contribution in [1.29, 1.82) is 0 Å². The van der Waals surface area contributed by atoms with Gasteiger partial charge in [-0.3, -0.25) is 4.79 Å². The molecule has 0 atom stereocenters. The maximum atomic E-state index is 13.4. The fourth-order valence-corrected chi connectivity index (χ4v) is 23.3. The van der Waals surface area contributed by atoms with Crippen LogP contribution in [0.1, 0.15) is 0 Å². The van der Waals surface area contributed by atoms with Gasteiger partial charge in [0.25, 0.3) is 0 Å². The highest BCUT2D eigenvalue weighted by atomic mass is 32.2. The predicted molar refractivity (Wildman–Crippen MR) is 620 cm³/mol. The second-order valence-corrected chi connectivity index (χ2v) is 38.8. The number of aromatic nitrogens is 4. The number of benzene rings is 23. The summed E-state index contributed by atoms with van der Waals surface area (Å²) in [4.78, 5) is 20.6. The molecule has 0 fully saturated rings. The van der Waals surface area contributed by atoms with E-state index in [0.29, 0.717) is 0 Å². The Morgan fingerprint density at radius 1 is 0.162 bits per heavy atom. The molecule has 2 aliphatic rings. The van der Waals surface area contributed by atoms with Crippen molar-refractivity contribution in [3.05, 3.63) is 568 Å². The zero-order chi connectivity index (χ0) is 98.1. The first kappa shape index (κ1) is 87.7. The van der Waals surface area contributed by atoms with E-state index in [1.54, 1.807) is 0 Å². The molecule has 0 saturated heterocycles. The van der Waals surface area contributed by atoms with Crippen molar-refractivity contribution in [2.75, 3.05) is 9.80 Å². The first-order valence-electron chi connectivity index (χ1n) is 50.3. The van der Waals surface area contributed by atoms with Gasteiger partial charge in [-0.1, -0.05) is 370 Å². The molecule has 4 aromatic heterocycles. The van der Waals surface area contributed by atoms with Crippen LogP contribution in [0.25, 0.3) is 199 Å². The van der Waals surface area contributed by atoms with Crippen molar-refractivity contribution in [3.8, 4) is 123 Å². The van der Waals surface area contributed by atoms with Crippen LogP contribution in [0.3, 0.4) is 0 Å². The summed E-state index contributed by atoms with van der Waals surface area (Å²) in [5, 5.41) is 8.84. The van der Waals surface area contributed by atoms with Crippen molar-refractivity contribution >= 4 is 133 Å². The number of hydrogen-bond donors (Lipinski definition) is 0. The molecule has 27 aromatic rings. The van der Waals surface area contributed by atoms with E-state index in [4.69, 9.17) is 4.74 Å². The molecular weight excluding hydrogens is 1820 g/mol. The van der Waals surface area contributed by atoms with E-state index < -0.39 is 0 Å². The van der Waals surface area contributed by atoms with Gasteiger partial charge >= 0.3 is 0 Å². The third-order valence-electron chi connectivity index (χ3n) is 29.0. The Morgan fingerprint density at radius 2 is 0.399 bits per heavy atom. The minimum absolute atomic E-state index is 0.0627. The molecule has 0 N–H and O–H groups in total. The second kappa shape index (κ2) is 37.5. The monoisotopic (exact) mass is 1910 g/mol. The Kier molecular flexibility index (Phi) is 22.2. The first-order valence-corrected chi connectivity index (χ1v) is 51.1. The van der Waals surface area contributed by atoms with Crippen LogP contribution in [0.15, 0.2) is 573 Å². The summed E-state index contributed by atoms with van der Waals surface area (Å²) in [7, 11) is 0. The quantitative estimate of drug-likeness (QED) is 0.102. The molecule has 696 valence electrons. The average molecular weight is 1910 g/mol. The summed E-state index contributed by atoms with van der Waals surface area (Å²) in [5.41, 5.74) is 38.9. The predicted octanol–water partition coefficient (Wildman–Crippen LogP) is 37.7. The second-order valence-electron chi connectivity index (χ2n) is 37.7. The maximum Gasteiger partial charge on any atom is 0.197 e. The number of ether oxygens (including phenoxy) is 1. The topological polar surface area (TPSA) is 52.5 Å². The van der Waals surface area contributed by atoms with E-state index in [9.17, 15) is 4.79 Å². The molecule has 0 bridgehead atoms. The van der Waals surface area contributed by atoms with E-state index >= 15 is 0 Å². The van der Waals surface area contributed by atoms with Crippen molar-refractivity contribution in [2.45, 2.75) is 9.79 Å². The molecule has 0 aliphatic carbocycles. The highest BCUT2D eigenvalue weighted by molar-refractivity contribution is 7.99. The fraction of sp³-hybridized carbons (Fsp3) is 0. The van der Waals surface area contributed by atoms with Crippen LogP contribution < -0.4 is 20.0 Å². The molecule has 6 heterocycles. The number of anilines is 6. The Labute approximate surface area is 861 Å². The summed E-state index contributed by atoms with van der Waals surface area (Å²) in [6.45, 7) is 0. The Bertz CT molecular complexity index is 9630. The van der Waals surface area contributed by atoms with Gasteiger partial charge in [-0.2, -0.15) is 0 Å². The molecule has 9 heteroatoms. The van der Waals surface area contributed by atoms with Crippen molar-refractivity contribution in [2.24, 2.45) is 0 Å². The molecule has 0 amide bonds. The summed E-state index contributed by atoms with van der Waals surface area (Å²) in [5.74, 6) is 1.64. The summed E-state index contributed by atoms with van der Waals surface area (Å²) >= 11 is 1.84. The molecule has 8 nitrogen and oxygen atoms in total. The van der Waals surface area contributed by atoms with Gasteiger partial charge in [-0.05, 0) is 273 Å². The average Bonchev–Trinajstić information content (AvgIpc) is 1.56. The lowest BCUT2D eigenvalue weighted by atomic mass is 9.95. The lowest BCUT2D eigenvalue weighted by molar-refractivity contribution is 0.477. The van der Waals surface area contributed by atoms with E-state index in [-0.39, 0.29) is 5.43 Å². The number of nitrogens with zero attached hydrogens (tertiary/aromatic N) is 6. The minimum atomic E-state index is 0.0627. The van der Waals surface area contributed by atoms with Gasteiger partial charge in [-0.15, -0.1) is 0 Å². The van der Waals surface area contributed by atoms with Gasteiger partial charge in [0.2, 0.25) is 0 Å². The van der Waals surface area contributed by atoms with Crippen LogP contribution >= 0.6 is 11.8 Å². The standard InChI is InChI=1S/C54H36N2O.C43H28N2O.C42H28N2S/c1-5-15-37(16-6-1)41-25-31-50-52(35-41)57-53-36-42(38-17-7-2-8-18-38)26-32-51(53)55(50)44-27-29-45(30-28-44)56-49-24-14-13-23-46(49)48-34-43(39-19-9-3-10-20-39)33-47(54(48)56)40-21-11-4-12-22-40;46-43-35-18-8-11-21-40(35)44(41-22-12-9-19-36(41)43)32-23-25-33(26-24-32)45-39-20-10-7-17-34(39)38-28-31(29-13-3-1-4-14-29)27-37(42(38)45)30-15-5-2-6-16-30;1-3-13-29(14-4-1)31-27-35(30-15-5-2-6-16-30)42-36(28-31)34-17-7-8-18-37(34)44(42)33-25-23-32(24-26-33)43-38-19-9-11-21-40(38)45-41-22-12-10-20-39(41)43/h1-36H;1-28H;1-28H. The van der Waals surface area contributed by atoms with E-state index in [0.717, 1.165) is 107 Å². The van der Waals surface area contributed by atoms with Crippen LogP contribution in [0.2, 0.25) is 0 Å². The normalized spacial score (nSPS) is 11.9. The smallest absolute Gasteiger partial charge is 0.197 e. The Hall–Kier alpha value is -19.3. The highest BCUT2D eigenvalue weighted by Crippen LogP contribution is 2.56. The van der Waals surface area contributed by atoms with Gasteiger partial charge in [0.1, 0.15) is 0 Å². The van der Waals surface area contributed by atoms with Crippen LogP contribution in [-0.2, 0) is 0 Å². The molecule has 23 aromatic carbocycles. The molecule has 0 spiro atoms. The third-order valence-corrected chi connectivity index (χ3v) is 30.2. The van der Waals surface area contributed by atoms with Gasteiger partial charge in [0, 0.05) is 104 Å². The first-order chi connectivity index (χ1) is 73.4. The van der Waals surface area contributed by atoms with Crippen molar-refractivity contribution in [3.63, 3.8) is 0 Å². The lowest BCUT2D eigenvalue weighted by Crippen LogP contribution is -2.16. The number of pyridine rings is 1. The Balaban J connectivity index is 0.000000111. The van der Waals surface area contributed by atoms with E-state index in [2.05, 4.69) is 538 Å². The zero-order valence-corrected chi connectivity index (χ0v) is 81.3. The molecule has 0 unspecified atom stereocenters. The number of fused-ring (bicyclic) bond motifs is 15. The highest BCUT2D eigenvalue weighted by Gasteiger charge is 2.31. The van der Waals surface area contributed by atoms with Crippen LogP contribution in [0.5, 0.6) is 11.5 Å². The molecule has 0 radical (unpaired) electrons. The van der Waals surface area contributed by atoms with Crippen LogP contribution in [0, 0.1) is 0 Å². The van der Waals surface area contributed by atoms with E-state index in [1.807, 2.05) is 60.3 Å². The molecule has 29 rings (SSSR count). The lowest BCUT2D eigenvalue weighted by Gasteiger charge is -2.33. The van der Waals surface area contributed by atoms with E-state index in [1.165, 1.54) is 148 Å². The molecule has 0 saturated carbocycles. The van der Waals surface area contributed by atoms with Gasteiger partial charge in [-0.25, -0.2) is 0 Å². The number of rotatable bonds is 14. The number of para-hydroxylation sites is 7.